The summed E-state index contributed by atoms with van der Waals surface area (Å²) in [6.07, 6.45) is 1.98. The van der Waals surface area contributed by atoms with Crippen molar-refractivity contribution in [2.45, 2.75) is 26.7 Å². The summed E-state index contributed by atoms with van der Waals surface area (Å²) >= 11 is 0. The molecule has 0 radical (unpaired) electrons. The number of hydrogen-bond donors (Lipinski definition) is 0. The molecular formula is C15H17O+. The summed E-state index contributed by atoms with van der Waals surface area (Å²) < 4.78 is 5.93. The molecule has 1 aromatic carbocycles. The fraction of sp³-hybridized carbons (Fsp3) is 0.267. The smallest absolute Gasteiger partial charge is 0.212 e. The molecule has 0 atom stereocenters. The second-order valence-electron chi connectivity index (χ2n) is 3.82. The molecule has 0 unspecified atom stereocenters. The lowest BCUT2D eigenvalue weighted by molar-refractivity contribution is 0.504. The maximum Gasteiger partial charge on any atom is 0.360 e. The summed E-state index contributed by atoms with van der Waals surface area (Å²) in [6.45, 7) is 4.29. The minimum atomic E-state index is 0.948. The van der Waals surface area contributed by atoms with Crippen LogP contribution < -0.4 is 0 Å². The van der Waals surface area contributed by atoms with Crippen LogP contribution in [0.5, 0.6) is 0 Å². The summed E-state index contributed by atoms with van der Waals surface area (Å²) in [7, 11) is 0. The van der Waals surface area contributed by atoms with Crippen molar-refractivity contribution in [1.82, 2.24) is 0 Å². The van der Waals surface area contributed by atoms with Crippen LogP contribution in [0, 0.1) is 0 Å². The monoisotopic (exact) mass is 213 g/mol. The topological polar surface area (TPSA) is 11.3 Å². The molecule has 2 aromatic rings. The summed E-state index contributed by atoms with van der Waals surface area (Å²) in [6, 6.07) is 14.5. The van der Waals surface area contributed by atoms with Crippen LogP contribution in [-0.4, -0.2) is 0 Å². The zero-order chi connectivity index (χ0) is 11.4. The van der Waals surface area contributed by atoms with E-state index in [4.69, 9.17) is 4.42 Å². The van der Waals surface area contributed by atoms with Crippen molar-refractivity contribution in [2.75, 3.05) is 0 Å². The molecule has 0 aliphatic carbocycles. The molecule has 16 heavy (non-hydrogen) atoms. The number of rotatable bonds is 3. The van der Waals surface area contributed by atoms with Gasteiger partial charge in [-0.25, -0.2) is 4.42 Å². The van der Waals surface area contributed by atoms with Crippen molar-refractivity contribution in [3.8, 4) is 11.3 Å². The summed E-state index contributed by atoms with van der Waals surface area (Å²) in [5, 5.41) is 0. The lowest BCUT2D eigenvalue weighted by atomic mass is 10.1. The van der Waals surface area contributed by atoms with Crippen LogP contribution in [0.25, 0.3) is 11.3 Å². The van der Waals surface area contributed by atoms with Gasteiger partial charge in [0.25, 0.3) is 0 Å². The van der Waals surface area contributed by atoms with Gasteiger partial charge in [0.1, 0.15) is 0 Å². The average molecular weight is 213 g/mol. The quantitative estimate of drug-likeness (QED) is 0.690. The Morgan fingerprint density at radius 3 is 2.25 bits per heavy atom. The summed E-state index contributed by atoms with van der Waals surface area (Å²) in [5.74, 6) is 2.05. The third-order valence-corrected chi connectivity index (χ3v) is 2.79. The second-order valence-corrected chi connectivity index (χ2v) is 3.82. The normalized spacial score (nSPS) is 10.4. The SMILES string of the molecule is CCc1ccc(-c2ccccc2)[o+]c1CC. The third kappa shape index (κ3) is 2.13. The zero-order valence-electron chi connectivity index (χ0n) is 9.86. The molecule has 1 nitrogen and oxygen atoms in total. The third-order valence-electron chi connectivity index (χ3n) is 2.79. The van der Waals surface area contributed by atoms with E-state index in [1.54, 1.807) is 0 Å². The van der Waals surface area contributed by atoms with Crippen LogP contribution >= 0.6 is 0 Å². The maximum atomic E-state index is 5.93. The van der Waals surface area contributed by atoms with Crippen LogP contribution in [0.4, 0.5) is 0 Å². The molecule has 2 rings (SSSR count). The molecule has 0 aliphatic heterocycles. The van der Waals surface area contributed by atoms with Crippen molar-refractivity contribution in [2.24, 2.45) is 0 Å². The first-order valence-electron chi connectivity index (χ1n) is 5.85. The first-order valence-corrected chi connectivity index (χ1v) is 5.85. The molecule has 0 N–H and O–H groups in total. The van der Waals surface area contributed by atoms with Crippen molar-refractivity contribution in [3.05, 3.63) is 53.8 Å². The highest BCUT2D eigenvalue weighted by Gasteiger charge is 2.17. The molecular weight excluding hydrogens is 196 g/mol. The predicted octanol–water partition coefficient (Wildman–Crippen LogP) is 4.35. The molecule has 82 valence electrons. The fourth-order valence-corrected chi connectivity index (χ4v) is 1.87. The lowest BCUT2D eigenvalue weighted by Crippen LogP contribution is -1.91. The Hall–Kier alpha value is -1.63. The largest absolute Gasteiger partial charge is 0.360 e. The molecule has 1 heterocycles. The van der Waals surface area contributed by atoms with Gasteiger partial charge in [0, 0.05) is 6.07 Å². The highest BCUT2D eigenvalue weighted by Crippen LogP contribution is 2.23. The summed E-state index contributed by atoms with van der Waals surface area (Å²) in [5.41, 5.74) is 2.45. The zero-order valence-corrected chi connectivity index (χ0v) is 9.86. The Labute approximate surface area is 96.8 Å². The van der Waals surface area contributed by atoms with E-state index in [0.717, 1.165) is 29.9 Å². The van der Waals surface area contributed by atoms with Crippen LogP contribution in [0.15, 0.2) is 46.9 Å². The second kappa shape index (κ2) is 4.93. The van der Waals surface area contributed by atoms with Crippen LogP contribution in [0.3, 0.4) is 0 Å². The minimum absolute atomic E-state index is 0.948. The van der Waals surface area contributed by atoms with Gasteiger partial charge in [0.15, 0.2) is 0 Å². The molecule has 0 fully saturated rings. The van der Waals surface area contributed by atoms with Crippen LogP contribution in [0.1, 0.15) is 25.2 Å². The Bertz CT molecular complexity index is 460. The molecule has 0 spiro atoms. The van der Waals surface area contributed by atoms with Crippen LogP contribution in [0.2, 0.25) is 0 Å². The van der Waals surface area contributed by atoms with E-state index in [2.05, 4.69) is 38.1 Å². The van der Waals surface area contributed by atoms with Gasteiger partial charge in [-0.2, -0.15) is 0 Å². The average Bonchev–Trinajstić information content (AvgIpc) is 2.39. The van der Waals surface area contributed by atoms with E-state index >= 15 is 0 Å². The Morgan fingerprint density at radius 2 is 1.62 bits per heavy atom. The molecule has 0 amide bonds. The van der Waals surface area contributed by atoms with Gasteiger partial charge in [-0.1, -0.05) is 32.0 Å². The number of aryl methyl sites for hydroxylation is 2. The highest BCUT2D eigenvalue weighted by atomic mass is 16.3. The van der Waals surface area contributed by atoms with E-state index in [9.17, 15) is 0 Å². The lowest BCUT2D eigenvalue weighted by Gasteiger charge is -1.96. The van der Waals surface area contributed by atoms with Gasteiger partial charge in [-0.15, -0.1) is 0 Å². The van der Waals surface area contributed by atoms with Gasteiger partial charge in [-0.3, -0.25) is 0 Å². The predicted molar refractivity (Wildman–Crippen MR) is 67.3 cm³/mol. The van der Waals surface area contributed by atoms with Gasteiger partial charge in [-0.05, 0) is 24.6 Å². The molecule has 1 aromatic heterocycles. The van der Waals surface area contributed by atoms with Crippen molar-refractivity contribution in [1.29, 1.82) is 0 Å². The Balaban J connectivity index is 2.44. The molecule has 0 saturated heterocycles. The Morgan fingerprint density at radius 1 is 0.875 bits per heavy atom. The molecule has 1 heteroatoms. The minimum Gasteiger partial charge on any atom is -0.212 e. The Kier molecular flexibility index (Phi) is 3.35. The van der Waals surface area contributed by atoms with E-state index in [0.29, 0.717) is 0 Å². The number of benzene rings is 1. The van der Waals surface area contributed by atoms with E-state index in [-0.39, 0.29) is 0 Å². The van der Waals surface area contributed by atoms with Gasteiger partial charge >= 0.3 is 11.5 Å². The standard InChI is InChI=1S/C15H17O/c1-3-12-10-11-15(16-14(12)4-2)13-8-6-5-7-9-13/h5-11H,3-4H2,1-2H3/q+1. The van der Waals surface area contributed by atoms with Gasteiger partial charge in [0.05, 0.1) is 17.5 Å². The maximum absolute atomic E-state index is 5.93. The summed E-state index contributed by atoms with van der Waals surface area (Å²) in [4.78, 5) is 0. The molecule has 0 saturated carbocycles. The molecule has 0 bridgehead atoms. The number of hydrogen-bond acceptors (Lipinski definition) is 0. The van der Waals surface area contributed by atoms with Crippen LogP contribution in [-0.2, 0) is 12.8 Å². The fourth-order valence-electron chi connectivity index (χ4n) is 1.87. The van der Waals surface area contributed by atoms with E-state index in [1.807, 2.05) is 18.2 Å². The highest BCUT2D eigenvalue weighted by molar-refractivity contribution is 5.57. The van der Waals surface area contributed by atoms with E-state index in [1.165, 1.54) is 5.56 Å². The van der Waals surface area contributed by atoms with E-state index < -0.39 is 0 Å². The van der Waals surface area contributed by atoms with Crippen molar-refractivity contribution < 1.29 is 4.42 Å². The molecule has 0 aliphatic rings. The first-order chi connectivity index (χ1) is 7.85. The van der Waals surface area contributed by atoms with Gasteiger partial charge in [0.2, 0.25) is 0 Å². The van der Waals surface area contributed by atoms with Crippen molar-refractivity contribution in [3.63, 3.8) is 0 Å². The first kappa shape index (κ1) is 10.9. The van der Waals surface area contributed by atoms with Gasteiger partial charge < -0.3 is 0 Å². The van der Waals surface area contributed by atoms with Crippen molar-refractivity contribution >= 4 is 0 Å².